The lowest BCUT2D eigenvalue weighted by Gasteiger charge is -2.06. The van der Waals surface area contributed by atoms with Crippen molar-refractivity contribution >= 4 is 0 Å². The number of benzene rings is 1. The van der Waals surface area contributed by atoms with E-state index in [-0.39, 0.29) is 0 Å². The van der Waals surface area contributed by atoms with Crippen LogP contribution in [-0.4, -0.2) is 22.1 Å². The molecule has 0 N–H and O–H groups in total. The van der Waals surface area contributed by atoms with Crippen LogP contribution < -0.4 is 4.74 Å². The van der Waals surface area contributed by atoms with E-state index < -0.39 is 0 Å². The quantitative estimate of drug-likeness (QED) is 0.731. The summed E-state index contributed by atoms with van der Waals surface area (Å²) in [6.07, 6.45) is 3.49. The van der Waals surface area contributed by atoms with E-state index in [4.69, 9.17) is 4.74 Å². The third-order valence-corrected chi connectivity index (χ3v) is 2.00. The predicted molar refractivity (Wildman–Crippen MR) is 52.1 cm³/mol. The van der Waals surface area contributed by atoms with Crippen LogP contribution in [0.25, 0.3) is 0 Å². The van der Waals surface area contributed by atoms with Gasteiger partial charge in [0, 0.05) is 11.8 Å². The van der Waals surface area contributed by atoms with Crippen LogP contribution in [0.5, 0.6) is 5.75 Å². The topological polar surface area (TPSA) is 39.9 Å². The number of ether oxygens (including phenoxy) is 1. The Morgan fingerprint density at radius 3 is 2.93 bits per heavy atom. The van der Waals surface area contributed by atoms with Crippen LogP contribution in [0.4, 0.5) is 0 Å². The van der Waals surface area contributed by atoms with Gasteiger partial charge in [0.1, 0.15) is 5.75 Å². The first-order chi connectivity index (χ1) is 6.90. The first kappa shape index (κ1) is 8.74. The lowest BCUT2D eigenvalue weighted by molar-refractivity contribution is 0.407. The predicted octanol–water partition coefficient (Wildman–Crippen LogP) is 1.33. The largest absolute Gasteiger partial charge is 0.496 e. The molecule has 0 saturated heterocycles. The molecule has 0 atom stereocenters. The van der Waals surface area contributed by atoms with E-state index in [0.717, 1.165) is 11.3 Å². The van der Waals surface area contributed by atoms with Crippen molar-refractivity contribution in [2.75, 3.05) is 7.11 Å². The van der Waals surface area contributed by atoms with E-state index in [1.165, 1.54) is 0 Å². The van der Waals surface area contributed by atoms with Crippen LogP contribution >= 0.6 is 0 Å². The minimum absolute atomic E-state index is 0.685. The van der Waals surface area contributed by atoms with Crippen molar-refractivity contribution in [1.82, 2.24) is 15.0 Å². The number of rotatable bonds is 3. The molecular formula is C10H11N3O. The molecule has 2 aromatic rings. The highest BCUT2D eigenvalue weighted by atomic mass is 16.5. The fourth-order valence-electron chi connectivity index (χ4n) is 1.33. The summed E-state index contributed by atoms with van der Waals surface area (Å²) in [5.74, 6) is 0.878. The maximum Gasteiger partial charge on any atom is 0.123 e. The van der Waals surface area contributed by atoms with Gasteiger partial charge in [0.2, 0.25) is 0 Å². The van der Waals surface area contributed by atoms with E-state index >= 15 is 0 Å². The van der Waals surface area contributed by atoms with Crippen molar-refractivity contribution in [1.29, 1.82) is 0 Å². The van der Waals surface area contributed by atoms with Crippen molar-refractivity contribution in [3.8, 4) is 5.75 Å². The van der Waals surface area contributed by atoms with E-state index in [1.807, 2.05) is 30.5 Å². The maximum atomic E-state index is 5.23. The molecule has 0 aliphatic carbocycles. The van der Waals surface area contributed by atoms with Crippen LogP contribution in [-0.2, 0) is 6.54 Å². The molecule has 0 aliphatic rings. The molecule has 4 nitrogen and oxygen atoms in total. The van der Waals surface area contributed by atoms with Gasteiger partial charge in [0.05, 0.1) is 19.9 Å². The average Bonchev–Trinajstić information content (AvgIpc) is 2.71. The molecule has 14 heavy (non-hydrogen) atoms. The van der Waals surface area contributed by atoms with Gasteiger partial charge >= 0.3 is 0 Å². The first-order valence-electron chi connectivity index (χ1n) is 4.36. The van der Waals surface area contributed by atoms with Crippen molar-refractivity contribution < 1.29 is 4.74 Å². The highest BCUT2D eigenvalue weighted by Crippen LogP contribution is 2.17. The highest BCUT2D eigenvalue weighted by Gasteiger charge is 2.01. The molecular weight excluding hydrogens is 178 g/mol. The number of hydrogen-bond acceptors (Lipinski definition) is 3. The fraction of sp³-hybridized carbons (Fsp3) is 0.200. The van der Waals surface area contributed by atoms with Crippen LogP contribution in [0.2, 0.25) is 0 Å². The average molecular weight is 189 g/mol. The zero-order chi connectivity index (χ0) is 9.80. The number of methoxy groups -OCH3 is 1. The molecule has 1 heterocycles. The molecule has 0 spiro atoms. The second kappa shape index (κ2) is 3.91. The number of para-hydroxylation sites is 1. The number of hydrogen-bond donors (Lipinski definition) is 0. The molecule has 0 bridgehead atoms. The van der Waals surface area contributed by atoms with E-state index in [2.05, 4.69) is 10.3 Å². The standard InChI is InChI=1S/C10H11N3O/c1-14-10-5-3-2-4-9(10)8-13-7-6-11-12-13/h2-7H,8H2,1H3. The lowest BCUT2D eigenvalue weighted by Crippen LogP contribution is -2.02. The van der Waals surface area contributed by atoms with Gasteiger partial charge in [0.15, 0.2) is 0 Å². The summed E-state index contributed by atoms with van der Waals surface area (Å²) >= 11 is 0. The van der Waals surface area contributed by atoms with Gasteiger partial charge in [-0.05, 0) is 6.07 Å². The zero-order valence-electron chi connectivity index (χ0n) is 7.92. The fourth-order valence-corrected chi connectivity index (χ4v) is 1.33. The van der Waals surface area contributed by atoms with E-state index in [0.29, 0.717) is 6.54 Å². The summed E-state index contributed by atoms with van der Waals surface area (Å²) in [7, 11) is 1.67. The van der Waals surface area contributed by atoms with Crippen LogP contribution in [0.3, 0.4) is 0 Å². The minimum Gasteiger partial charge on any atom is -0.496 e. The van der Waals surface area contributed by atoms with Gasteiger partial charge in [-0.25, -0.2) is 4.68 Å². The Labute approximate surface area is 82.1 Å². The van der Waals surface area contributed by atoms with Crippen molar-refractivity contribution in [2.24, 2.45) is 0 Å². The van der Waals surface area contributed by atoms with Gasteiger partial charge in [-0.15, -0.1) is 5.10 Å². The van der Waals surface area contributed by atoms with Crippen molar-refractivity contribution in [3.63, 3.8) is 0 Å². The third kappa shape index (κ3) is 1.74. The summed E-state index contributed by atoms with van der Waals surface area (Å²) < 4.78 is 6.99. The lowest BCUT2D eigenvalue weighted by atomic mass is 10.2. The first-order valence-corrected chi connectivity index (χ1v) is 4.36. The molecule has 2 rings (SSSR count). The van der Waals surface area contributed by atoms with Gasteiger partial charge in [-0.1, -0.05) is 23.4 Å². The Morgan fingerprint density at radius 2 is 2.21 bits per heavy atom. The highest BCUT2D eigenvalue weighted by molar-refractivity contribution is 5.33. The molecule has 0 fully saturated rings. The van der Waals surface area contributed by atoms with E-state index in [9.17, 15) is 0 Å². The Balaban J connectivity index is 2.24. The molecule has 0 unspecified atom stereocenters. The number of aromatic nitrogens is 3. The molecule has 0 aliphatic heterocycles. The van der Waals surface area contributed by atoms with Gasteiger partial charge in [0.25, 0.3) is 0 Å². The van der Waals surface area contributed by atoms with E-state index in [1.54, 1.807) is 18.0 Å². The molecule has 72 valence electrons. The monoisotopic (exact) mass is 189 g/mol. The van der Waals surface area contributed by atoms with Crippen molar-refractivity contribution in [3.05, 3.63) is 42.2 Å². The normalized spacial score (nSPS) is 10.1. The van der Waals surface area contributed by atoms with Crippen LogP contribution in [0.1, 0.15) is 5.56 Å². The zero-order valence-corrected chi connectivity index (χ0v) is 7.92. The molecule has 0 saturated carbocycles. The molecule has 0 amide bonds. The van der Waals surface area contributed by atoms with Crippen LogP contribution in [0.15, 0.2) is 36.7 Å². The third-order valence-electron chi connectivity index (χ3n) is 2.00. The number of nitrogens with zero attached hydrogens (tertiary/aromatic N) is 3. The van der Waals surface area contributed by atoms with Gasteiger partial charge in [-0.3, -0.25) is 0 Å². The second-order valence-corrected chi connectivity index (χ2v) is 2.91. The maximum absolute atomic E-state index is 5.23. The second-order valence-electron chi connectivity index (χ2n) is 2.91. The summed E-state index contributed by atoms with van der Waals surface area (Å²) in [6, 6.07) is 7.88. The SMILES string of the molecule is COc1ccccc1Cn1ccnn1. The molecule has 1 aromatic carbocycles. The molecule has 4 heteroatoms. The summed E-state index contributed by atoms with van der Waals surface area (Å²) in [4.78, 5) is 0. The molecule has 1 aromatic heterocycles. The van der Waals surface area contributed by atoms with Crippen molar-refractivity contribution in [2.45, 2.75) is 6.54 Å². The Kier molecular flexibility index (Phi) is 2.44. The molecule has 0 radical (unpaired) electrons. The smallest absolute Gasteiger partial charge is 0.123 e. The Morgan fingerprint density at radius 1 is 1.36 bits per heavy atom. The summed E-state index contributed by atoms with van der Waals surface area (Å²) in [6.45, 7) is 0.685. The van der Waals surface area contributed by atoms with Gasteiger partial charge < -0.3 is 4.74 Å². The Hall–Kier alpha value is -1.84. The summed E-state index contributed by atoms with van der Waals surface area (Å²) in [5, 5.41) is 7.64. The van der Waals surface area contributed by atoms with Crippen LogP contribution in [0, 0.1) is 0 Å². The Bertz CT molecular complexity index is 398. The summed E-state index contributed by atoms with van der Waals surface area (Å²) in [5.41, 5.74) is 1.10. The van der Waals surface area contributed by atoms with Gasteiger partial charge in [-0.2, -0.15) is 0 Å². The minimum atomic E-state index is 0.685.